The summed E-state index contributed by atoms with van der Waals surface area (Å²) in [6.07, 6.45) is -0.170. The number of nitrogens with one attached hydrogen (secondary N) is 3. The van der Waals surface area contributed by atoms with Crippen LogP contribution in [0.5, 0.6) is 0 Å². The van der Waals surface area contributed by atoms with Crippen molar-refractivity contribution in [3.05, 3.63) is 29.8 Å². The molecule has 0 aromatic heterocycles. The number of carbonyl (C=O) groups is 4. The van der Waals surface area contributed by atoms with Gasteiger partial charge in [0.1, 0.15) is 6.04 Å². The van der Waals surface area contributed by atoms with Crippen LogP contribution in [0.2, 0.25) is 0 Å². The highest BCUT2D eigenvalue weighted by Gasteiger charge is 2.31. The van der Waals surface area contributed by atoms with Crippen molar-refractivity contribution in [3.63, 3.8) is 0 Å². The molecule has 8 heteroatoms. The summed E-state index contributed by atoms with van der Waals surface area (Å²) >= 11 is 0. The van der Waals surface area contributed by atoms with Gasteiger partial charge in [0.05, 0.1) is 19.1 Å². The number of anilines is 1. The Balaban J connectivity index is 1.92. The smallest absolute Gasteiger partial charge is 0.337 e. The molecule has 1 aromatic rings. The minimum absolute atomic E-state index is 0.170. The second kappa shape index (κ2) is 6.04. The van der Waals surface area contributed by atoms with E-state index in [2.05, 4.69) is 15.4 Å². The van der Waals surface area contributed by atoms with Gasteiger partial charge in [0.2, 0.25) is 5.91 Å². The van der Waals surface area contributed by atoms with Gasteiger partial charge >= 0.3 is 12.0 Å². The number of hydrogen-bond acceptors (Lipinski definition) is 5. The van der Waals surface area contributed by atoms with Gasteiger partial charge in [0.25, 0.3) is 5.91 Å². The SMILES string of the molecule is COC(=O)c1ccc(NC(=O)CC2NC(=O)NC2=O)cc1. The Bertz CT molecular complexity index is 596. The normalized spacial score (nSPS) is 16.9. The van der Waals surface area contributed by atoms with E-state index in [0.29, 0.717) is 11.3 Å². The highest BCUT2D eigenvalue weighted by molar-refractivity contribution is 6.06. The molecule has 1 fully saturated rings. The zero-order chi connectivity index (χ0) is 15.4. The average molecular weight is 291 g/mol. The molecule has 0 radical (unpaired) electrons. The van der Waals surface area contributed by atoms with Crippen LogP contribution in [0.25, 0.3) is 0 Å². The number of hydrogen-bond donors (Lipinski definition) is 3. The second-order valence-electron chi connectivity index (χ2n) is 4.34. The van der Waals surface area contributed by atoms with E-state index in [0.717, 1.165) is 0 Å². The molecule has 0 spiro atoms. The lowest BCUT2D eigenvalue weighted by Gasteiger charge is -2.08. The van der Waals surface area contributed by atoms with E-state index in [4.69, 9.17) is 0 Å². The highest BCUT2D eigenvalue weighted by atomic mass is 16.5. The molecule has 0 bridgehead atoms. The fourth-order valence-electron chi connectivity index (χ4n) is 1.81. The molecular formula is C13H13N3O5. The minimum Gasteiger partial charge on any atom is -0.465 e. The Morgan fingerprint density at radius 2 is 1.90 bits per heavy atom. The topological polar surface area (TPSA) is 114 Å². The van der Waals surface area contributed by atoms with Crippen LogP contribution < -0.4 is 16.0 Å². The number of methoxy groups -OCH3 is 1. The van der Waals surface area contributed by atoms with Crippen LogP contribution in [-0.4, -0.2) is 37.0 Å². The largest absolute Gasteiger partial charge is 0.465 e. The summed E-state index contributed by atoms with van der Waals surface area (Å²) in [7, 11) is 1.28. The maximum absolute atomic E-state index is 11.8. The number of amides is 4. The quantitative estimate of drug-likeness (QED) is 0.534. The van der Waals surface area contributed by atoms with Gasteiger partial charge < -0.3 is 15.4 Å². The molecule has 0 aliphatic carbocycles. The Labute approximate surface area is 119 Å². The monoisotopic (exact) mass is 291 g/mol. The molecule has 1 aromatic carbocycles. The van der Waals surface area contributed by atoms with Crippen molar-refractivity contribution in [2.24, 2.45) is 0 Å². The average Bonchev–Trinajstić information content (AvgIpc) is 2.76. The van der Waals surface area contributed by atoms with Crippen molar-refractivity contribution >= 4 is 29.5 Å². The third-order valence-electron chi connectivity index (χ3n) is 2.84. The van der Waals surface area contributed by atoms with Crippen LogP contribution in [0.4, 0.5) is 10.5 Å². The Morgan fingerprint density at radius 1 is 1.24 bits per heavy atom. The molecule has 2 rings (SSSR count). The Morgan fingerprint density at radius 3 is 2.43 bits per heavy atom. The van der Waals surface area contributed by atoms with E-state index in [1.54, 1.807) is 0 Å². The van der Waals surface area contributed by atoms with Crippen LogP contribution in [-0.2, 0) is 14.3 Å². The predicted molar refractivity (Wildman–Crippen MR) is 71.5 cm³/mol. The first kappa shape index (κ1) is 14.5. The van der Waals surface area contributed by atoms with Gasteiger partial charge in [-0.25, -0.2) is 9.59 Å². The van der Waals surface area contributed by atoms with Gasteiger partial charge in [-0.15, -0.1) is 0 Å². The van der Waals surface area contributed by atoms with Crippen LogP contribution >= 0.6 is 0 Å². The summed E-state index contributed by atoms with van der Waals surface area (Å²) in [5.41, 5.74) is 0.829. The van der Waals surface area contributed by atoms with Crippen LogP contribution in [0.3, 0.4) is 0 Å². The van der Waals surface area contributed by atoms with Crippen LogP contribution in [0.15, 0.2) is 24.3 Å². The zero-order valence-corrected chi connectivity index (χ0v) is 11.1. The number of esters is 1. The first-order valence-electron chi connectivity index (χ1n) is 6.09. The Kier molecular flexibility index (Phi) is 4.17. The molecule has 1 unspecified atom stereocenters. The number of carbonyl (C=O) groups excluding carboxylic acids is 4. The van der Waals surface area contributed by atoms with E-state index in [-0.39, 0.29) is 6.42 Å². The van der Waals surface area contributed by atoms with E-state index in [9.17, 15) is 19.2 Å². The number of rotatable bonds is 4. The van der Waals surface area contributed by atoms with Crippen molar-refractivity contribution in [3.8, 4) is 0 Å². The molecular weight excluding hydrogens is 278 g/mol. The lowest BCUT2D eigenvalue weighted by Crippen LogP contribution is -2.33. The number of urea groups is 1. The van der Waals surface area contributed by atoms with Crippen molar-refractivity contribution < 1.29 is 23.9 Å². The van der Waals surface area contributed by atoms with Crippen LogP contribution in [0.1, 0.15) is 16.8 Å². The summed E-state index contributed by atoms with van der Waals surface area (Å²) in [5, 5.41) is 6.94. The van der Waals surface area contributed by atoms with Crippen molar-refractivity contribution in [1.29, 1.82) is 0 Å². The summed E-state index contributed by atoms with van der Waals surface area (Å²) in [5.74, 6) is -1.43. The number of imide groups is 1. The third kappa shape index (κ3) is 3.56. The van der Waals surface area contributed by atoms with E-state index < -0.39 is 29.9 Å². The summed E-state index contributed by atoms with van der Waals surface area (Å²) < 4.78 is 4.56. The predicted octanol–water partition coefficient (Wildman–Crippen LogP) is 0.00980. The number of ether oxygens (including phenoxy) is 1. The van der Waals surface area contributed by atoms with Gasteiger partial charge in [-0.2, -0.15) is 0 Å². The Hall–Kier alpha value is -2.90. The summed E-state index contributed by atoms with van der Waals surface area (Å²) in [4.78, 5) is 45.2. The maximum atomic E-state index is 11.8. The standard InChI is InChI=1S/C13H13N3O5/c1-21-12(19)7-2-4-8(5-3-7)14-10(17)6-9-11(18)16-13(20)15-9/h2-5,9H,6H2,1H3,(H,14,17)(H2,15,16,18,20). The van der Waals surface area contributed by atoms with Crippen molar-refractivity contribution in [1.82, 2.24) is 10.6 Å². The second-order valence-corrected chi connectivity index (χ2v) is 4.34. The molecule has 1 aliphatic rings. The number of benzene rings is 1. The van der Waals surface area contributed by atoms with E-state index in [1.807, 2.05) is 5.32 Å². The molecule has 1 heterocycles. The molecule has 0 saturated carbocycles. The van der Waals surface area contributed by atoms with Gasteiger partial charge in [-0.05, 0) is 24.3 Å². The third-order valence-corrected chi connectivity index (χ3v) is 2.84. The van der Waals surface area contributed by atoms with Gasteiger partial charge in [0, 0.05) is 5.69 Å². The first-order chi connectivity index (χ1) is 9.99. The first-order valence-corrected chi connectivity index (χ1v) is 6.09. The fraction of sp³-hybridized carbons (Fsp3) is 0.231. The molecule has 110 valence electrons. The lowest BCUT2D eigenvalue weighted by atomic mass is 10.2. The molecule has 4 amide bonds. The minimum atomic E-state index is -0.869. The van der Waals surface area contributed by atoms with Crippen LogP contribution in [0, 0.1) is 0 Å². The van der Waals surface area contributed by atoms with Gasteiger partial charge in [-0.1, -0.05) is 0 Å². The molecule has 8 nitrogen and oxygen atoms in total. The van der Waals surface area contributed by atoms with Gasteiger partial charge in [0.15, 0.2) is 0 Å². The summed E-state index contributed by atoms with van der Waals surface area (Å²) in [6, 6.07) is 4.61. The zero-order valence-electron chi connectivity index (χ0n) is 11.1. The van der Waals surface area contributed by atoms with Gasteiger partial charge in [-0.3, -0.25) is 14.9 Å². The molecule has 3 N–H and O–H groups in total. The van der Waals surface area contributed by atoms with E-state index >= 15 is 0 Å². The maximum Gasteiger partial charge on any atom is 0.337 e. The summed E-state index contributed by atoms with van der Waals surface area (Å²) in [6.45, 7) is 0. The molecule has 1 aliphatic heterocycles. The highest BCUT2D eigenvalue weighted by Crippen LogP contribution is 2.11. The van der Waals surface area contributed by atoms with Crippen molar-refractivity contribution in [2.75, 3.05) is 12.4 Å². The molecule has 21 heavy (non-hydrogen) atoms. The van der Waals surface area contributed by atoms with E-state index in [1.165, 1.54) is 31.4 Å². The fourth-order valence-corrected chi connectivity index (χ4v) is 1.81. The lowest BCUT2D eigenvalue weighted by molar-refractivity contribution is -0.124. The molecule has 1 saturated heterocycles. The van der Waals surface area contributed by atoms with Crippen molar-refractivity contribution in [2.45, 2.75) is 12.5 Å². The molecule has 1 atom stereocenters.